The van der Waals surface area contributed by atoms with Gasteiger partial charge in [0.15, 0.2) is 5.13 Å². The molecule has 1 aromatic heterocycles. The maximum Gasteiger partial charge on any atom is 0.490 e. The van der Waals surface area contributed by atoms with Crippen LogP contribution >= 0.6 is 22.9 Å². The molecule has 1 fully saturated rings. The van der Waals surface area contributed by atoms with Crippen molar-refractivity contribution in [2.75, 3.05) is 17.8 Å². The Morgan fingerprint density at radius 3 is 2.45 bits per heavy atom. The van der Waals surface area contributed by atoms with Crippen molar-refractivity contribution in [3.63, 3.8) is 0 Å². The molecule has 0 aliphatic carbocycles. The Labute approximate surface area is 185 Å². The Kier molecular flexibility index (Phi) is 8.14. The summed E-state index contributed by atoms with van der Waals surface area (Å²) in [7, 11) is -3.72. The monoisotopic (exact) mass is 501 g/mol. The molecule has 3 N–H and O–H groups in total. The van der Waals surface area contributed by atoms with Gasteiger partial charge in [0.1, 0.15) is 11.4 Å². The van der Waals surface area contributed by atoms with Crippen molar-refractivity contribution in [1.82, 2.24) is 10.3 Å². The Morgan fingerprint density at radius 1 is 1.35 bits per heavy atom. The lowest BCUT2D eigenvalue weighted by molar-refractivity contribution is -0.192. The number of carboxylic acids is 1. The van der Waals surface area contributed by atoms with Gasteiger partial charge in [-0.25, -0.2) is 18.2 Å². The summed E-state index contributed by atoms with van der Waals surface area (Å²) in [5, 5.41) is 12.7. The molecule has 0 bridgehead atoms. The molecule has 0 spiro atoms. The number of halogens is 4. The minimum Gasteiger partial charge on any atom is -0.486 e. The van der Waals surface area contributed by atoms with Gasteiger partial charge in [0.2, 0.25) is 0 Å². The highest BCUT2D eigenvalue weighted by Crippen LogP contribution is 2.33. The van der Waals surface area contributed by atoms with E-state index in [0.29, 0.717) is 10.9 Å². The van der Waals surface area contributed by atoms with E-state index in [9.17, 15) is 21.6 Å². The van der Waals surface area contributed by atoms with Gasteiger partial charge >= 0.3 is 12.1 Å². The van der Waals surface area contributed by atoms with Crippen LogP contribution in [-0.4, -0.2) is 49.3 Å². The van der Waals surface area contributed by atoms with Crippen LogP contribution in [0.25, 0.3) is 0 Å². The van der Waals surface area contributed by atoms with E-state index >= 15 is 0 Å². The minimum atomic E-state index is -5.08. The number of hydrogen-bond acceptors (Lipinski definition) is 7. The highest BCUT2D eigenvalue weighted by Gasteiger charge is 2.38. The van der Waals surface area contributed by atoms with Crippen molar-refractivity contribution in [3.8, 4) is 5.75 Å². The average Bonchev–Trinajstić information content (AvgIpc) is 3.16. The molecule has 1 saturated heterocycles. The van der Waals surface area contributed by atoms with E-state index in [1.165, 1.54) is 29.7 Å². The SMILES string of the molecule is CC1(Oc2ccc(S(=O)(=O)Nc3nccs3)cc2Cl)CCNCC1.O=C(O)C(F)(F)F. The van der Waals surface area contributed by atoms with Gasteiger partial charge in [0.25, 0.3) is 10.0 Å². The van der Waals surface area contributed by atoms with Crippen molar-refractivity contribution < 1.29 is 36.2 Å². The third-order valence-corrected chi connectivity index (χ3v) is 6.58. The summed E-state index contributed by atoms with van der Waals surface area (Å²) in [6.45, 7) is 3.81. The highest BCUT2D eigenvalue weighted by molar-refractivity contribution is 7.93. The number of rotatable bonds is 5. The fraction of sp³-hybridized carbons (Fsp3) is 0.412. The van der Waals surface area contributed by atoms with E-state index in [1.807, 2.05) is 6.92 Å². The van der Waals surface area contributed by atoms with Crippen LogP contribution in [0.1, 0.15) is 19.8 Å². The van der Waals surface area contributed by atoms with Crippen LogP contribution in [0, 0.1) is 0 Å². The molecule has 31 heavy (non-hydrogen) atoms. The molecule has 0 unspecified atom stereocenters. The lowest BCUT2D eigenvalue weighted by Crippen LogP contribution is -2.43. The first kappa shape index (κ1) is 25.2. The summed E-state index contributed by atoms with van der Waals surface area (Å²) in [4.78, 5) is 12.9. The Bertz CT molecular complexity index is 995. The van der Waals surface area contributed by atoms with Gasteiger partial charge in [-0.05, 0) is 51.1 Å². The second kappa shape index (κ2) is 10.0. The summed E-state index contributed by atoms with van der Waals surface area (Å²) >= 11 is 7.46. The van der Waals surface area contributed by atoms with Gasteiger partial charge in [-0.1, -0.05) is 11.6 Å². The van der Waals surface area contributed by atoms with Gasteiger partial charge in [-0.3, -0.25) is 4.72 Å². The average molecular weight is 502 g/mol. The zero-order chi connectivity index (χ0) is 23.3. The van der Waals surface area contributed by atoms with Crippen LogP contribution in [0.3, 0.4) is 0 Å². The van der Waals surface area contributed by atoms with E-state index in [4.69, 9.17) is 26.2 Å². The molecule has 0 amide bonds. The van der Waals surface area contributed by atoms with Crippen molar-refractivity contribution in [1.29, 1.82) is 0 Å². The number of carbonyl (C=O) groups is 1. The largest absolute Gasteiger partial charge is 0.490 e. The van der Waals surface area contributed by atoms with Crippen LogP contribution in [0.5, 0.6) is 5.75 Å². The van der Waals surface area contributed by atoms with Gasteiger partial charge in [0.05, 0.1) is 9.92 Å². The molecule has 172 valence electrons. The maximum absolute atomic E-state index is 12.4. The smallest absolute Gasteiger partial charge is 0.486 e. The zero-order valence-electron chi connectivity index (χ0n) is 16.1. The van der Waals surface area contributed by atoms with Gasteiger partial charge < -0.3 is 15.2 Å². The molecular formula is C17H19ClF3N3O5S2. The second-order valence-corrected chi connectivity index (χ2v) is 9.62. The predicted octanol–water partition coefficient (Wildman–Crippen LogP) is 3.75. The van der Waals surface area contributed by atoms with Crippen LogP contribution in [0.2, 0.25) is 5.02 Å². The van der Waals surface area contributed by atoms with Crippen LogP contribution < -0.4 is 14.8 Å². The molecular weight excluding hydrogens is 483 g/mol. The number of benzene rings is 1. The number of thiazole rings is 1. The van der Waals surface area contributed by atoms with E-state index in [0.717, 1.165) is 25.9 Å². The number of aromatic nitrogens is 1. The third kappa shape index (κ3) is 7.52. The van der Waals surface area contributed by atoms with Crippen molar-refractivity contribution in [2.24, 2.45) is 0 Å². The first-order valence-corrected chi connectivity index (χ1v) is 11.5. The number of aliphatic carboxylic acids is 1. The fourth-order valence-electron chi connectivity index (χ4n) is 2.50. The van der Waals surface area contributed by atoms with E-state index in [-0.39, 0.29) is 15.5 Å². The van der Waals surface area contributed by atoms with Gasteiger partial charge in [-0.2, -0.15) is 13.2 Å². The summed E-state index contributed by atoms with van der Waals surface area (Å²) in [6.07, 6.45) is -1.81. The minimum absolute atomic E-state index is 0.0745. The molecule has 3 rings (SSSR count). The van der Waals surface area contributed by atoms with E-state index in [1.54, 1.807) is 11.4 Å². The number of alkyl halides is 3. The number of piperidine rings is 1. The molecule has 8 nitrogen and oxygen atoms in total. The predicted molar refractivity (Wildman–Crippen MR) is 109 cm³/mol. The van der Waals surface area contributed by atoms with E-state index in [2.05, 4.69) is 15.0 Å². The first-order chi connectivity index (χ1) is 14.3. The third-order valence-electron chi connectivity index (χ3n) is 4.13. The fourth-order valence-corrected chi connectivity index (χ4v) is 4.60. The molecule has 1 aliphatic rings. The van der Waals surface area contributed by atoms with Crippen LogP contribution in [-0.2, 0) is 14.8 Å². The molecule has 2 aromatic rings. The number of hydrogen-bond donors (Lipinski definition) is 3. The standard InChI is InChI=1S/C15H18ClN3O3S2.C2HF3O2/c1-15(4-6-17-7-5-15)22-13-3-2-11(10-12(13)16)24(20,21)19-14-18-8-9-23-14;3-2(4,5)1(6)7/h2-3,8-10,17H,4-7H2,1H3,(H,18,19);(H,6,7). The number of anilines is 1. The number of nitrogens with zero attached hydrogens (tertiary/aromatic N) is 1. The van der Waals surface area contributed by atoms with Crippen molar-refractivity contribution in [3.05, 3.63) is 34.8 Å². The van der Waals surface area contributed by atoms with Crippen molar-refractivity contribution in [2.45, 2.75) is 36.4 Å². The summed E-state index contributed by atoms with van der Waals surface area (Å²) in [5.41, 5.74) is -0.297. The molecule has 1 aliphatic heterocycles. The molecule has 0 radical (unpaired) electrons. The Balaban J connectivity index is 0.000000423. The topological polar surface area (TPSA) is 118 Å². The number of carboxylic acid groups (broad SMARTS) is 1. The summed E-state index contributed by atoms with van der Waals surface area (Å²) in [6, 6.07) is 4.49. The Morgan fingerprint density at radius 2 is 1.97 bits per heavy atom. The summed E-state index contributed by atoms with van der Waals surface area (Å²) in [5.74, 6) is -2.26. The Hall–Kier alpha value is -2.09. The number of ether oxygens (including phenoxy) is 1. The summed E-state index contributed by atoms with van der Waals surface area (Å²) < 4.78 is 64.9. The van der Waals surface area contributed by atoms with Crippen LogP contribution in [0.4, 0.5) is 18.3 Å². The number of nitrogens with one attached hydrogen (secondary N) is 2. The van der Waals surface area contributed by atoms with Crippen molar-refractivity contribution >= 4 is 44.1 Å². The number of sulfonamides is 1. The molecule has 0 atom stereocenters. The zero-order valence-corrected chi connectivity index (χ0v) is 18.5. The molecule has 14 heteroatoms. The lowest BCUT2D eigenvalue weighted by Gasteiger charge is -2.35. The van der Waals surface area contributed by atoms with E-state index < -0.39 is 22.2 Å². The maximum atomic E-state index is 12.4. The molecule has 0 saturated carbocycles. The lowest BCUT2D eigenvalue weighted by atomic mass is 9.94. The normalized spacial score (nSPS) is 16.0. The molecule has 1 aromatic carbocycles. The van der Waals surface area contributed by atoms with Crippen LogP contribution in [0.15, 0.2) is 34.7 Å². The first-order valence-electron chi connectivity index (χ1n) is 8.74. The van der Waals surface area contributed by atoms with Gasteiger partial charge in [0, 0.05) is 11.6 Å². The molecule has 2 heterocycles. The quantitative estimate of drug-likeness (QED) is 0.571. The van der Waals surface area contributed by atoms with Gasteiger partial charge in [-0.15, -0.1) is 11.3 Å². The second-order valence-electron chi connectivity index (χ2n) is 6.64. The highest BCUT2D eigenvalue weighted by atomic mass is 35.5.